The molecule has 0 aliphatic heterocycles. The molecule has 0 heterocycles. The Balaban J connectivity index is 2.72. The fourth-order valence-corrected chi connectivity index (χ4v) is 1.04. The van der Waals surface area contributed by atoms with Crippen molar-refractivity contribution < 1.29 is 4.79 Å². The molecule has 2 N–H and O–H groups in total. The third-order valence-electron chi connectivity index (χ3n) is 1.68. The molecule has 70 valence electrons. The summed E-state index contributed by atoms with van der Waals surface area (Å²) < 4.78 is 0. The van der Waals surface area contributed by atoms with Gasteiger partial charge >= 0.3 is 0 Å². The van der Waals surface area contributed by atoms with E-state index in [2.05, 4.69) is 5.92 Å². The van der Waals surface area contributed by atoms with Crippen molar-refractivity contribution in [1.82, 2.24) is 0 Å². The minimum absolute atomic E-state index is 0.250. The summed E-state index contributed by atoms with van der Waals surface area (Å²) in [5, 5.41) is 0. The van der Waals surface area contributed by atoms with Gasteiger partial charge in [0.15, 0.2) is 0 Å². The number of rotatable bonds is 3. The summed E-state index contributed by atoms with van der Waals surface area (Å²) in [5.41, 5.74) is 6.79. The molecule has 0 bridgehead atoms. The number of carbonyl (C=O) groups excluding carboxylic acids is 1. The highest BCUT2D eigenvalue weighted by molar-refractivity contribution is 5.76. The molecule has 0 radical (unpaired) electrons. The molecule has 0 aromatic heterocycles. The molecule has 0 saturated carbocycles. The lowest BCUT2D eigenvalue weighted by Gasteiger charge is -1.94. The van der Waals surface area contributed by atoms with Gasteiger partial charge < -0.3 is 5.73 Å². The first-order valence-electron chi connectivity index (χ1n) is 4.24. The van der Waals surface area contributed by atoms with Crippen molar-refractivity contribution in [2.24, 2.45) is 5.73 Å². The Kier molecular flexibility index (Phi) is 3.51. The van der Waals surface area contributed by atoms with Crippen molar-refractivity contribution in [3.63, 3.8) is 0 Å². The summed E-state index contributed by atoms with van der Waals surface area (Å²) in [6, 6.07) is 7.51. The van der Waals surface area contributed by atoms with Crippen LogP contribution in [0.4, 0.5) is 0 Å². The first-order chi connectivity index (χ1) is 6.72. The van der Waals surface area contributed by atoms with Gasteiger partial charge in [0.05, 0.1) is 0 Å². The molecule has 0 aliphatic rings. The Morgan fingerprint density at radius 2 is 2.36 bits per heavy atom. The molecule has 0 aliphatic carbocycles. The highest BCUT2D eigenvalue weighted by Crippen LogP contribution is 2.06. The summed E-state index contributed by atoms with van der Waals surface area (Å²) >= 11 is 0. The number of hydrogen-bond acceptors (Lipinski definition) is 1. The van der Waals surface area contributed by atoms with Crippen LogP contribution in [0.5, 0.6) is 0 Å². The Bertz CT molecular complexity index is 399. The SMILES string of the molecule is C#Cc1cccc(C=CCC(N)=O)c1. The molecule has 0 atom stereocenters. The van der Waals surface area contributed by atoms with E-state index in [0.29, 0.717) is 0 Å². The van der Waals surface area contributed by atoms with Gasteiger partial charge in [-0.1, -0.05) is 30.2 Å². The summed E-state index contributed by atoms with van der Waals surface area (Å²) in [4.78, 5) is 10.5. The standard InChI is InChI=1S/C12H11NO/c1-2-10-5-3-6-11(9-10)7-4-8-12(13)14/h1,3-7,9H,8H2,(H2,13,14). The van der Waals surface area contributed by atoms with E-state index in [9.17, 15) is 4.79 Å². The smallest absolute Gasteiger partial charge is 0.221 e. The molecule has 2 heteroatoms. The van der Waals surface area contributed by atoms with Crippen LogP contribution < -0.4 is 5.73 Å². The molecule has 0 saturated heterocycles. The molecule has 14 heavy (non-hydrogen) atoms. The zero-order valence-corrected chi connectivity index (χ0v) is 7.73. The van der Waals surface area contributed by atoms with Gasteiger partial charge in [0.25, 0.3) is 0 Å². The van der Waals surface area contributed by atoms with Crippen LogP contribution in [-0.4, -0.2) is 5.91 Å². The average molecular weight is 185 g/mol. The fraction of sp³-hybridized carbons (Fsp3) is 0.0833. The molecule has 1 aromatic carbocycles. The summed E-state index contributed by atoms with van der Waals surface area (Å²) in [5.74, 6) is 2.20. The number of benzene rings is 1. The first-order valence-corrected chi connectivity index (χ1v) is 4.24. The van der Waals surface area contributed by atoms with Gasteiger partial charge in [0.1, 0.15) is 0 Å². The van der Waals surface area contributed by atoms with Gasteiger partial charge in [-0.2, -0.15) is 0 Å². The third kappa shape index (κ3) is 3.16. The van der Waals surface area contributed by atoms with Crippen LogP contribution in [0.15, 0.2) is 30.3 Å². The topological polar surface area (TPSA) is 43.1 Å². The summed E-state index contributed by atoms with van der Waals surface area (Å²) in [6.45, 7) is 0. The summed E-state index contributed by atoms with van der Waals surface area (Å²) in [7, 11) is 0. The van der Waals surface area contributed by atoms with Crippen molar-refractivity contribution in [2.45, 2.75) is 6.42 Å². The Labute approximate surface area is 83.4 Å². The van der Waals surface area contributed by atoms with Crippen molar-refractivity contribution >= 4 is 12.0 Å². The van der Waals surface area contributed by atoms with Crippen LogP contribution in [0.2, 0.25) is 0 Å². The van der Waals surface area contributed by atoms with Gasteiger partial charge in [-0.05, 0) is 17.7 Å². The quantitative estimate of drug-likeness (QED) is 0.713. The van der Waals surface area contributed by atoms with Crippen LogP contribution in [0.25, 0.3) is 6.08 Å². The maximum atomic E-state index is 10.5. The van der Waals surface area contributed by atoms with Gasteiger partial charge in [-0.3, -0.25) is 4.79 Å². The Morgan fingerprint density at radius 1 is 1.57 bits per heavy atom. The van der Waals surface area contributed by atoms with Crippen LogP contribution in [0, 0.1) is 12.3 Å². The van der Waals surface area contributed by atoms with Crippen molar-refractivity contribution in [1.29, 1.82) is 0 Å². The lowest BCUT2D eigenvalue weighted by molar-refractivity contribution is -0.117. The lowest BCUT2D eigenvalue weighted by Crippen LogP contribution is -2.07. The molecule has 0 fully saturated rings. The van der Waals surface area contributed by atoms with E-state index in [1.54, 1.807) is 6.08 Å². The van der Waals surface area contributed by atoms with E-state index in [0.717, 1.165) is 11.1 Å². The molecular weight excluding hydrogens is 174 g/mol. The predicted octanol–water partition coefficient (Wildman–Crippen LogP) is 1.56. The summed E-state index contributed by atoms with van der Waals surface area (Å²) in [6.07, 6.45) is 9.04. The van der Waals surface area contributed by atoms with E-state index in [1.165, 1.54) is 0 Å². The number of terminal acetylenes is 1. The Hall–Kier alpha value is -2.01. The maximum absolute atomic E-state index is 10.5. The minimum atomic E-state index is -0.339. The number of nitrogens with two attached hydrogens (primary N) is 1. The molecule has 1 amide bonds. The van der Waals surface area contributed by atoms with Crippen LogP contribution in [0.3, 0.4) is 0 Å². The molecule has 0 unspecified atom stereocenters. The van der Waals surface area contributed by atoms with Crippen molar-refractivity contribution in [3.05, 3.63) is 41.5 Å². The number of amides is 1. The van der Waals surface area contributed by atoms with E-state index in [1.807, 2.05) is 30.3 Å². The fourth-order valence-electron chi connectivity index (χ4n) is 1.04. The third-order valence-corrected chi connectivity index (χ3v) is 1.68. The number of hydrogen-bond donors (Lipinski definition) is 1. The average Bonchev–Trinajstić information content (AvgIpc) is 2.18. The maximum Gasteiger partial charge on any atom is 0.221 e. The molecular formula is C12H11NO. The van der Waals surface area contributed by atoms with Gasteiger partial charge in [0.2, 0.25) is 5.91 Å². The van der Waals surface area contributed by atoms with E-state index < -0.39 is 0 Å². The van der Waals surface area contributed by atoms with Crippen molar-refractivity contribution in [2.75, 3.05) is 0 Å². The molecule has 1 aromatic rings. The second-order valence-corrected chi connectivity index (χ2v) is 2.84. The van der Waals surface area contributed by atoms with Gasteiger partial charge in [-0.25, -0.2) is 0 Å². The second kappa shape index (κ2) is 4.88. The lowest BCUT2D eigenvalue weighted by atomic mass is 10.1. The molecule has 2 nitrogen and oxygen atoms in total. The largest absolute Gasteiger partial charge is 0.369 e. The van der Waals surface area contributed by atoms with Crippen LogP contribution >= 0.6 is 0 Å². The zero-order valence-electron chi connectivity index (χ0n) is 7.73. The highest BCUT2D eigenvalue weighted by atomic mass is 16.1. The second-order valence-electron chi connectivity index (χ2n) is 2.84. The van der Waals surface area contributed by atoms with Crippen molar-refractivity contribution in [3.8, 4) is 12.3 Å². The molecule has 0 spiro atoms. The highest BCUT2D eigenvalue weighted by Gasteiger charge is 1.90. The van der Waals surface area contributed by atoms with E-state index >= 15 is 0 Å². The van der Waals surface area contributed by atoms with Gasteiger partial charge in [0, 0.05) is 12.0 Å². The van der Waals surface area contributed by atoms with Crippen LogP contribution in [-0.2, 0) is 4.79 Å². The van der Waals surface area contributed by atoms with E-state index in [4.69, 9.17) is 12.2 Å². The minimum Gasteiger partial charge on any atom is -0.369 e. The normalized spacial score (nSPS) is 9.93. The number of carbonyl (C=O) groups is 1. The number of primary amides is 1. The van der Waals surface area contributed by atoms with Crippen LogP contribution in [0.1, 0.15) is 17.5 Å². The molecule has 1 rings (SSSR count). The van der Waals surface area contributed by atoms with E-state index in [-0.39, 0.29) is 12.3 Å². The van der Waals surface area contributed by atoms with Gasteiger partial charge in [-0.15, -0.1) is 6.42 Å². The first kappa shape index (κ1) is 10.1. The predicted molar refractivity (Wildman–Crippen MR) is 57.2 cm³/mol. The Morgan fingerprint density at radius 3 is 3.00 bits per heavy atom. The zero-order chi connectivity index (χ0) is 10.4. The monoisotopic (exact) mass is 185 g/mol.